The van der Waals surface area contributed by atoms with Gasteiger partial charge in [0.2, 0.25) is 0 Å². The first-order valence-electron chi connectivity index (χ1n) is 10.7. The summed E-state index contributed by atoms with van der Waals surface area (Å²) in [6.07, 6.45) is 1.51. The Hall–Kier alpha value is -3.78. The maximum atomic E-state index is 14.9. The van der Waals surface area contributed by atoms with E-state index in [1.54, 1.807) is 42.6 Å². The van der Waals surface area contributed by atoms with Gasteiger partial charge in [-0.15, -0.1) is 0 Å². The molecule has 1 aliphatic rings. The third kappa shape index (κ3) is 5.23. The molecule has 2 atom stereocenters. The van der Waals surface area contributed by atoms with Crippen LogP contribution in [0, 0.1) is 11.6 Å². The van der Waals surface area contributed by atoms with E-state index in [9.17, 15) is 23.1 Å². The number of aliphatic hydroxyl groups is 1. The van der Waals surface area contributed by atoms with E-state index in [-0.39, 0.29) is 35.6 Å². The number of alkyl halides is 1. The van der Waals surface area contributed by atoms with Gasteiger partial charge in [0, 0.05) is 23.9 Å². The molecule has 0 saturated heterocycles. The lowest BCUT2D eigenvalue weighted by atomic mass is 9.98. The van der Waals surface area contributed by atoms with Gasteiger partial charge in [0.15, 0.2) is 0 Å². The minimum absolute atomic E-state index is 0.00638. The normalized spacial score (nSPS) is 14.8. The lowest BCUT2D eigenvalue weighted by Gasteiger charge is -2.22. The number of amides is 1. The topological polar surface area (TPSA) is 74.6 Å². The summed E-state index contributed by atoms with van der Waals surface area (Å²) < 4.78 is 42.6. The zero-order valence-electron chi connectivity index (χ0n) is 18.1. The number of nitrogens with one attached hydrogen (secondary N) is 1. The van der Waals surface area contributed by atoms with Crippen molar-refractivity contribution in [2.75, 3.05) is 13.2 Å². The first kappa shape index (κ1) is 23.4. The maximum Gasteiger partial charge on any atom is 0.252 e. The summed E-state index contributed by atoms with van der Waals surface area (Å²) in [7, 11) is 0. The summed E-state index contributed by atoms with van der Waals surface area (Å²) in [4.78, 5) is 21.6. The van der Waals surface area contributed by atoms with Crippen LogP contribution in [0.4, 0.5) is 13.2 Å². The van der Waals surface area contributed by atoms with E-state index < -0.39 is 30.5 Å². The third-order valence-corrected chi connectivity index (χ3v) is 5.54. The van der Waals surface area contributed by atoms with Crippen LogP contribution >= 0.6 is 0 Å². The molecule has 3 aromatic rings. The Morgan fingerprint density at radius 3 is 2.56 bits per heavy atom. The van der Waals surface area contributed by atoms with Gasteiger partial charge in [-0.2, -0.15) is 0 Å². The standard InChI is InChI=1S/C26H22F3N3O2/c27-18-9-7-16(8-10-18)17-12-24(31-14-17)25-20(5-3-6-21(25)28)26(34)32-23(22(29)15-33)13-19-4-1-2-11-30-19/h1-12,22-23,33H,13-15H2,(H,32,34)/t22-,23-/m1/s1. The Morgan fingerprint density at radius 1 is 1.06 bits per heavy atom. The highest BCUT2D eigenvalue weighted by molar-refractivity contribution is 6.19. The molecule has 0 radical (unpaired) electrons. The molecule has 174 valence electrons. The van der Waals surface area contributed by atoms with Crippen molar-refractivity contribution in [2.24, 2.45) is 4.99 Å². The number of carbonyl (C=O) groups excluding carboxylic acids is 1. The zero-order valence-corrected chi connectivity index (χ0v) is 18.1. The van der Waals surface area contributed by atoms with Gasteiger partial charge in [0.1, 0.15) is 17.8 Å². The van der Waals surface area contributed by atoms with Crippen LogP contribution in [0.2, 0.25) is 0 Å². The highest BCUT2D eigenvalue weighted by atomic mass is 19.1. The van der Waals surface area contributed by atoms with Crippen molar-refractivity contribution in [1.29, 1.82) is 0 Å². The van der Waals surface area contributed by atoms with Crippen LogP contribution in [0.15, 0.2) is 77.9 Å². The summed E-state index contributed by atoms with van der Waals surface area (Å²) in [6, 6.07) is 14.0. The van der Waals surface area contributed by atoms with Gasteiger partial charge in [-0.25, -0.2) is 13.2 Å². The molecule has 0 aliphatic carbocycles. The molecule has 1 aromatic heterocycles. The molecule has 1 aliphatic heterocycles. The molecule has 0 unspecified atom stereocenters. The van der Waals surface area contributed by atoms with Crippen molar-refractivity contribution >= 4 is 17.2 Å². The molecule has 34 heavy (non-hydrogen) atoms. The minimum Gasteiger partial charge on any atom is -0.393 e. The van der Waals surface area contributed by atoms with Crippen molar-refractivity contribution in [2.45, 2.75) is 18.6 Å². The fraction of sp³-hybridized carbons (Fsp3) is 0.192. The van der Waals surface area contributed by atoms with Gasteiger partial charge in [-0.3, -0.25) is 14.8 Å². The first-order valence-corrected chi connectivity index (χ1v) is 10.7. The van der Waals surface area contributed by atoms with E-state index in [1.165, 1.54) is 30.3 Å². The molecule has 2 aromatic carbocycles. The minimum atomic E-state index is -1.74. The smallest absolute Gasteiger partial charge is 0.252 e. The van der Waals surface area contributed by atoms with Crippen LogP contribution in [-0.4, -0.2) is 47.1 Å². The lowest BCUT2D eigenvalue weighted by Crippen LogP contribution is -2.45. The number of carbonyl (C=O) groups is 1. The van der Waals surface area contributed by atoms with Crippen LogP contribution < -0.4 is 5.32 Å². The average molecular weight is 465 g/mol. The summed E-state index contributed by atoms with van der Waals surface area (Å²) in [6.45, 7) is -0.542. The summed E-state index contributed by atoms with van der Waals surface area (Å²) in [5.41, 5.74) is 2.28. The van der Waals surface area contributed by atoms with Crippen LogP contribution in [-0.2, 0) is 6.42 Å². The van der Waals surface area contributed by atoms with Crippen LogP contribution in [0.3, 0.4) is 0 Å². The number of benzene rings is 2. The molecule has 1 amide bonds. The molecule has 0 bridgehead atoms. The van der Waals surface area contributed by atoms with Crippen molar-refractivity contribution in [1.82, 2.24) is 10.3 Å². The number of halogens is 3. The van der Waals surface area contributed by atoms with Crippen molar-refractivity contribution in [3.8, 4) is 0 Å². The SMILES string of the molecule is O=C(N[C@H](Cc1ccccn1)[C@H](F)CO)c1cccc(F)c1C1=NCC(c2ccc(F)cc2)=C1. The lowest BCUT2D eigenvalue weighted by molar-refractivity contribution is 0.0868. The van der Waals surface area contributed by atoms with Crippen LogP contribution in [0.1, 0.15) is 27.2 Å². The van der Waals surface area contributed by atoms with E-state index in [0.29, 0.717) is 5.69 Å². The second-order valence-electron chi connectivity index (χ2n) is 7.84. The predicted molar refractivity (Wildman–Crippen MR) is 123 cm³/mol. The highest BCUT2D eigenvalue weighted by Crippen LogP contribution is 2.25. The monoisotopic (exact) mass is 465 g/mol. The first-order chi connectivity index (χ1) is 16.5. The predicted octanol–water partition coefficient (Wildman–Crippen LogP) is 3.92. The zero-order chi connectivity index (χ0) is 24.1. The van der Waals surface area contributed by atoms with E-state index in [2.05, 4.69) is 15.3 Å². The molecule has 0 saturated carbocycles. The van der Waals surface area contributed by atoms with E-state index in [4.69, 9.17) is 0 Å². The average Bonchev–Trinajstić information content (AvgIpc) is 3.33. The Bertz CT molecular complexity index is 1230. The van der Waals surface area contributed by atoms with Gasteiger partial charge in [0.05, 0.1) is 30.5 Å². The van der Waals surface area contributed by atoms with Gasteiger partial charge in [0.25, 0.3) is 5.91 Å². The number of rotatable bonds is 8. The van der Waals surface area contributed by atoms with Crippen molar-refractivity contribution < 1.29 is 23.1 Å². The molecule has 2 heterocycles. The summed E-state index contributed by atoms with van der Waals surface area (Å²) >= 11 is 0. The van der Waals surface area contributed by atoms with Crippen molar-refractivity contribution in [3.63, 3.8) is 0 Å². The van der Waals surface area contributed by atoms with E-state index in [1.807, 2.05) is 0 Å². The largest absolute Gasteiger partial charge is 0.393 e. The molecular weight excluding hydrogens is 443 g/mol. The van der Waals surface area contributed by atoms with Crippen LogP contribution in [0.5, 0.6) is 0 Å². The number of pyridine rings is 1. The summed E-state index contributed by atoms with van der Waals surface area (Å²) in [5, 5.41) is 11.9. The number of allylic oxidation sites excluding steroid dienone is 1. The van der Waals surface area contributed by atoms with E-state index in [0.717, 1.165) is 11.1 Å². The summed E-state index contributed by atoms with van der Waals surface area (Å²) in [5.74, 6) is -1.72. The number of hydrogen-bond donors (Lipinski definition) is 2. The number of aliphatic hydroxyl groups excluding tert-OH is 1. The fourth-order valence-corrected chi connectivity index (χ4v) is 3.78. The highest BCUT2D eigenvalue weighted by Gasteiger charge is 2.27. The Balaban J connectivity index is 1.60. The van der Waals surface area contributed by atoms with Gasteiger partial charge < -0.3 is 10.4 Å². The van der Waals surface area contributed by atoms with Gasteiger partial charge in [-0.1, -0.05) is 24.3 Å². The third-order valence-electron chi connectivity index (χ3n) is 5.54. The quantitative estimate of drug-likeness (QED) is 0.530. The van der Waals surface area contributed by atoms with Gasteiger partial charge >= 0.3 is 0 Å². The Labute approximate surface area is 194 Å². The second-order valence-corrected chi connectivity index (χ2v) is 7.84. The molecule has 2 N–H and O–H groups in total. The molecule has 0 fully saturated rings. The Morgan fingerprint density at radius 2 is 1.85 bits per heavy atom. The number of hydrogen-bond acceptors (Lipinski definition) is 4. The Kier molecular flexibility index (Phi) is 7.18. The molecular formula is C26H22F3N3O2. The molecule has 5 nitrogen and oxygen atoms in total. The van der Waals surface area contributed by atoms with Crippen molar-refractivity contribution in [3.05, 3.63) is 107 Å². The molecule has 4 rings (SSSR count). The van der Waals surface area contributed by atoms with Gasteiger partial charge in [-0.05, 0) is 53.6 Å². The second kappa shape index (κ2) is 10.4. The maximum absolute atomic E-state index is 14.9. The number of aliphatic imine (C=N–C) groups is 1. The number of aromatic nitrogens is 1. The molecule has 0 spiro atoms. The fourth-order valence-electron chi connectivity index (χ4n) is 3.78. The van der Waals surface area contributed by atoms with E-state index >= 15 is 0 Å². The molecule has 8 heteroatoms. The number of nitrogens with zero attached hydrogens (tertiary/aromatic N) is 2. The van der Waals surface area contributed by atoms with Crippen LogP contribution in [0.25, 0.3) is 5.57 Å².